The van der Waals surface area contributed by atoms with Gasteiger partial charge in [-0.05, 0) is 55.8 Å². The van der Waals surface area contributed by atoms with Crippen LogP contribution in [0.1, 0.15) is 56.2 Å². The van der Waals surface area contributed by atoms with E-state index in [2.05, 4.69) is 10.3 Å². The summed E-state index contributed by atoms with van der Waals surface area (Å²) in [5.74, 6) is -0.0846. The molecule has 31 heavy (non-hydrogen) atoms. The van der Waals surface area contributed by atoms with Gasteiger partial charge in [0.25, 0.3) is 5.91 Å². The van der Waals surface area contributed by atoms with Crippen LogP contribution in [-0.2, 0) is 15.1 Å². The van der Waals surface area contributed by atoms with Crippen molar-refractivity contribution in [1.29, 1.82) is 0 Å². The molecule has 0 radical (unpaired) electrons. The highest BCUT2D eigenvalue weighted by atomic mass is 16.2. The van der Waals surface area contributed by atoms with Crippen molar-refractivity contribution in [2.45, 2.75) is 63.5 Å². The van der Waals surface area contributed by atoms with Crippen molar-refractivity contribution in [2.75, 3.05) is 4.90 Å². The first-order valence-electron chi connectivity index (χ1n) is 11.4. The predicted octanol–water partition coefficient (Wildman–Crippen LogP) is 4.95. The lowest BCUT2D eigenvalue weighted by atomic mass is 9.88. The normalized spacial score (nSPS) is 22.2. The third-order valence-corrected chi connectivity index (χ3v) is 6.92. The van der Waals surface area contributed by atoms with E-state index in [0.29, 0.717) is 12.8 Å². The fourth-order valence-corrected chi connectivity index (χ4v) is 5.22. The molecule has 2 N–H and O–H groups in total. The molecule has 2 aromatic carbocycles. The highest BCUT2D eigenvalue weighted by molar-refractivity contribution is 6.07. The van der Waals surface area contributed by atoms with Crippen molar-refractivity contribution in [2.24, 2.45) is 0 Å². The van der Waals surface area contributed by atoms with Crippen LogP contribution in [0.3, 0.4) is 0 Å². The van der Waals surface area contributed by atoms with Gasteiger partial charge in [-0.1, -0.05) is 55.2 Å². The van der Waals surface area contributed by atoms with Gasteiger partial charge in [-0.25, -0.2) is 0 Å². The van der Waals surface area contributed by atoms with Crippen LogP contribution in [0, 0.1) is 6.92 Å². The van der Waals surface area contributed by atoms with Crippen LogP contribution < -0.4 is 10.2 Å². The Hall–Kier alpha value is -3.08. The molecule has 2 fully saturated rings. The molecule has 0 spiro atoms. The number of benzene rings is 2. The number of fused-ring (bicyclic) bond motifs is 1. The summed E-state index contributed by atoms with van der Waals surface area (Å²) in [5, 5.41) is 4.37. The Bertz CT molecular complexity index is 1080. The molecule has 2 amide bonds. The lowest BCUT2D eigenvalue weighted by Crippen LogP contribution is -2.56. The smallest absolute Gasteiger partial charge is 0.252 e. The number of aromatic nitrogens is 1. The van der Waals surface area contributed by atoms with E-state index in [0.717, 1.165) is 53.5 Å². The summed E-state index contributed by atoms with van der Waals surface area (Å²) in [4.78, 5) is 32.4. The lowest BCUT2D eigenvalue weighted by molar-refractivity contribution is -0.129. The Labute approximate surface area is 182 Å². The number of anilines is 1. The van der Waals surface area contributed by atoms with E-state index < -0.39 is 5.54 Å². The van der Waals surface area contributed by atoms with Crippen molar-refractivity contribution in [3.8, 4) is 0 Å². The SMILES string of the molecule is Cc1ccc(N2C(=O)CCC2(C(=O)NC2CCCCC2)c2cc3ccccc3[nH]2)cc1. The Kier molecular flexibility index (Phi) is 5.05. The van der Waals surface area contributed by atoms with Crippen molar-refractivity contribution >= 4 is 28.4 Å². The fourth-order valence-electron chi connectivity index (χ4n) is 5.22. The molecule has 0 bridgehead atoms. The van der Waals surface area contributed by atoms with Gasteiger partial charge in [0.05, 0.1) is 5.69 Å². The number of para-hydroxylation sites is 1. The average Bonchev–Trinajstić information content (AvgIpc) is 3.37. The summed E-state index contributed by atoms with van der Waals surface area (Å²) >= 11 is 0. The van der Waals surface area contributed by atoms with Gasteiger partial charge in [-0.3, -0.25) is 14.5 Å². The third kappa shape index (κ3) is 3.42. The minimum Gasteiger partial charge on any atom is -0.356 e. The van der Waals surface area contributed by atoms with Gasteiger partial charge < -0.3 is 10.3 Å². The molecule has 2 heterocycles. The average molecular weight is 416 g/mol. The first kappa shape index (κ1) is 19.9. The van der Waals surface area contributed by atoms with Crippen molar-refractivity contribution in [3.63, 3.8) is 0 Å². The number of aromatic amines is 1. The number of rotatable bonds is 4. The number of hydrogen-bond acceptors (Lipinski definition) is 2. The van der Waals surface area contributed by atoms with Crippen LogP contribution >= 0.6 is 0 Å². The summed E-state index contributed by atoms with van der Waals surface area (Å²) in [6.07, 6.45) is 6.34. The van der Waals surface area contributed by atoms with Gasteiger partial charge >= 0.3 is 0 Å². The standard InChI is InChI=1S/C26H29N3O2/c1-18-11-13-21(14-12-18)29-24(30)15-16-26(29,25(31)27-20-8-3-2-4-9-20)23-17-19-7-5-6-10-22(19)28-23/h5-7,10-14,17,20,28H,2-4,8-9,15-16H2,1H3,(H,27,31). The zero-order valence-corrected chi connectivity index (χ0v) is 18.0. The van der Waals surface area contributed by atoms with E-state index in [9.17, 15) is 9.59 Å². The van der Waals surface area contributed by atoms with E-state index in [1.807, 2.05) is 61.5 Å². The molecule has 5 heteroatoms. The van der Waals surface area contributed by atoms with E-state index in [1.165, 1.54) is 6.42 Å². The lowest BCUT2D eigenvalue weighted by Gasteiger charge is -2.38. The molecule has 3 aromatic rings. The topological polar surface area (TPSA) is 65.2 Å². The molecular formula is C26H29N3O2. The van der Waals surface area contributed by atoms with Gasteiger partial charge in [-0.15, -0.1) is 0 Å². The Morgan fingerprint density at radius 3 is 2.55 bits per heavy atom. The van der Waals surface area contributed by atoms with Crippen LogP contribution in [0.15, 0.2) is 54.6 Å². The van der Waals surface area contributed by atoms with E-state index in [1.54, 1.807) is 4.90 Å². The van der Waals surface area contributed by atoms with Gasteiger partial charge in [0.15, 0.2) is 5.54 Å². The summed E-state index contributed by atoms with van der Waals surface area (Å²) < 4.78 is 0. The van der Waals surface area contributed by atoms with Crippen molar-refractivity contribution in [3.05, 3.63) is 65.9 Å². The molecule has 160 valence electrons. The second-order valence-electron chi connectivity index (χ2n) is 9.00. The molecule has 5 nitrogen and oxygen atoms in total. The maximum Gasteiger partial charge on any atom is 0.252 e. The summed E-state index contributed by atoms with van der Waals surface area (Å²) in [6, 6.07) is 18.1. The minimum atomic E-state index is -1.07. The number of amides is 2. The molecule has 1 aliphatic carbocycles. The highest BCUT2D eigenvalue weighted by Crippen LogP contribution is 2.44. The van der Waals surface area contributed by atoms with E-state index in [4.69, 9.17) is 0 Å². The number of carbonyl (C=O) groups excluding carboxylic acids is 2. The van der Waals surface area contributed by atoms with Crippen LogP contribution in [0.25, 0.3) is 10.9 Å². The molecule has 1 aromatic heterocycles. The first-order chi connectivity index (χ1) is 15.1. The molecule has 5 rings (SSSR count). The largest absolute Gasteiger partial charge is 0.356 e. The maximum absolute atomic E-state index is 14.0. The van der Waals surface area contributed by atoms with Gasteiger partial charge in [-0.2, -0.15) is 0 Å². The Balaban J connectivity index is 1.63. The molecule has 1 aliphatic heterocycles. The molecule has 1 saturated carbocycles. The maximum atomic E-state index is 14.0. The number of aryl methyl sites for hydroxylation is 1. The van der Waals surface area contributed by atoms with E-state index in [-0.39, 0.29) is 17.9 Å². The Morgan fingerprint density at radius 1 is 1.06 bits per heavy atom. The molecular weight excluding hydrogens is 386 g/mol. The fraction of sp³-hybridized carbons (Fsp3) is 0.385. The molecule has 1 unspecified atom stereocenters. The highest BCUT2D eigenvalue weighted by Gasteiger charge is 2.54. The van der Waals surface area contributed by atoms with Crippen LogP contribution in [0.2, 0.25) is 0 Å². The number of carbonyl (C=O) groups is 2. The Morgan fingerprint density at radius 2 is 1.81 bits per heavy atom. The van der Waals surface area contributed by atoms with Gasteiger partial charge in [0.1, 0.15) is 0 Å². The molecule has 2 aliphatic rings. The number of nitrogens with one attached hydrogen (secondary N) is 2. The molecule has 1 saturated heterocycles. The summed E-state index contributed by atoms with van der Waals surface area (Å²) in [7, 11) is 0. The monoisotopic (exact) mass is 415 g/mol. The molecule has 1 atom stereocenters. The predicted molar refractivity (Wildman–Crippen MR) is 123 cm³/mol. The third-order valence-electron chi connectivity index (χ3n) is 6.92. The summed E-state index contributed by atoms with van der Waals surface area (Å²) in [5.41, 5.74) is 2.59. The van der Waals surface area contributed by atoms with Crippen LogP contribution in [0.4, 0.5) is 5.69 Å². The van der Waals surface area contributed by atoms with Crippen molar-refractivity contribution in [1.82, 2.24) is 10.3 Å². The number of H-pyrrole nitrogens is 1. The van der Waals surface area contributed by atoms with Crippen molar-refractivity contribution < 1.29 is 9.59 Å². The number of hydrogen-bond donors (Lipinski definition) is 2. The zero-order valence-electron chi connectivity index (χ0n) is 18.0. The second-order valence-corrected chi connectivity index (χ2v) is 9.00. The summed E-state index contributed by atoms with van der Waals surface area (Å²) in [6.45, 7) is 2.02. The van der Waals surface area contributed by atoms with Gasteiger partial charge in [0.2, 0.25) is 5.91 Å². The zero-order chi connectivity index (χ0) is 21.4. The van der Waals surface area contributed by atoms with Crippen LogP contribution in [0.5, 0.6) is 0 Å². The first-order valence-corrected chi connectivity index (χ1v) is 11.4. The van der Waals surface area contributed by atoms with Gasteiger partial charge in [0, 0.05) is 23.7 Å². The van der Waals surface area contributed by atoms with E-state index >= 15 is 0 Å². The second kappa shape index (κ2) is 7.88. The quantitative estimate of drug-likeness (QED) is 0.633. The van der Waals surface area contributed by atoms with Crippen LogP contribution in [-0.4, -0.2) is 22.8 Å². The minimum absolute atomic E-state index is 0.0127. The number of nitrogens with zero attached hydrogens (tertiary/aromatic N) is 1.